The van der Waals surface area contributed by atoms with Gasteiger partial charge in [-0.25, -0.2) is 4.39 Å². The summed E-state index contributed by atoms with van der Waals surface area (Å²) in [5, 5.41) is 3.63. The van der Waals surface area contributed by atoms with Crippen LogP contribution in [0.4, 0.5) is 15.8 Å². The largest absolute Gasteiger partial charge is 0.369 e. The van der Waals surface area contributed by atoms with Crippen LogP contribution in [0.5, 0.6) is 0 Å². The van der Waals surface area contributed by atoms with E-state index in [4.69, 9.17) is 11.6 Å². The summed E-state index contributed by atoms with van der Waals surface area (Å²) in [6.45, 7) is 4.18. The first-order valence-electron chi connectivity index (χ1n) is 10.6. The van der Waals surface area contributed by atoms with E-state index in [0.717, 1.165) is 48.0 Å². The third-order valence-electron chi connectivity index (χ3n) is 5.42. The number of benzene rings is 3. The van der Waals surface area contributed by atoms with Crippen LogP contribution in [0.15, 0.2) is 77.7 Å². The van der Waals surface area contributed by atoms with Crippen molar-refractivity contribution >= 4 is 40.6 Å². The Morgan fingerprint density at radius 3 is 2.31 bits per heavy atom. The Labute approximate surface area is 197 Å². The highest BCUT2D eigenvalue weighted by molar-refractivity contribution is 8.00. The zero-order valence-corrected chi connectivity index (χ0v) is 19.2. The summed E-state index contributed by atoms with van der Waals surface area (Å²) in [4.78, 5) is 17.9. The summed E-state index contributed by atoms with van der Waals surface area (Å²) in [5.74, 6) is 0.159. The highest BCUT2D eigenvalue weighted by Gasteiger charge is 2.18. The Kier molecular flexibility index (Phi) is 7.68. The zero-order chi connectivity index (χ0) is 22.3. The standard InChI is InChI=1S/C25H25ClFN3OS/c26-20-5-11-23(12-6-20)32-18-25(31)28-21-7-9-22(10-8-21)30-15-13-29(14-16-30)17-19-3-1-2-4-24(19)27/h1-12H,13-18H2,(H,28,31). The highest BCUT2D eigenvalue weighted by Crippen LogP contribution is 2.23. The van der Waals surface area contributed by atoms with Gasteiger partial charge in [-0.3, -0.25) is 9.69 Å². The molecule has 1 heterocycles. The Bertz CT molecular complexity index is 1040. The van der Waals surface area contributed by atoms with E-state index in [1.165, 1.54) is 17.8 Å². The predicted molar refractivity (Wildman–Crippen MR) is 131 cm³/mol. The molecule has 0 bridgehead atoms. The van der Waals surface area contributed by atoms with E-state index in [1.807, 2.05) is 60.7 Å². The van der Waals surface area contributed by atoms with Crippen molar-refractivity contribution in [3.63, 3.8) is 0 Å². The van der Waals surface area contributed by atoms with Gasteiger partial charge < -0.3 is 10.2 Å². The van der Waals surface area contributed by atoms with Crippen molar-refractivity contribution in [1.82, 2.24) is 4.90 Å². The van der Waals surface area contributed by atoms with Gasteiger partial charge in [-0.15, -0.1) is 11.8 Å². The predicted octanol–water partition coefficient (Wildman–Crippen LogP) is 5.53. The number of halogens is 2. The van der Waals surface area contributed by atoms with E-state index in [9.17, 15) is 9.18 Å². The second-order valence-corrected chi connectivity index (χ2v) is 9.18. The first kappa shape index (κ1) is 22.6. The number of anilines is 2. The van der Waals surface area contributed by atoms with Crippen molar-refractivity contribution in [2.75, 3.05) is 42.1 Å². The fourth-order valence-corrected chi connectivity index (χ4v) is 4.49. The van der Waals surface area contributed by atoms with Crippen LogP contribution in [-0.4, -0.2) is 42.7 Å². The molecule has 166 valence electrons. The van der Waals surface area contributed by atoms with Crippen molar-refractivity contribution in [3.8, 4) is 0 Å². The van der Waals surface area contributed by atoms with Crippen LogP contribution in [0, 0.1) is 5.82 Å². The van der Waals surface area contributed by atoms with Crippen LogP contribution in [0.25, 0.3) is 0 Å². The van der Waals surface area contributed by atoms with Crippen LogP contribution in [0.1, 0.15) is 5.56 Å². The van der Waals surface area contributed by atoms with Gasteiger partial charge in [-0.05, 0) is 54.6 Å². The molecule has 0 spiro atoms. The van der Waals surface area contributed by atoms with E-state index < -0.39 is 0 Å². The molecule has 7 heteroatoms. The summed E-state index contributed by atoms with van der Waals surface area (Å²) in [6, 6.07) is 22.4. The van der Waals surface area contributed by atoms with E-state index in [0.29, 0.717) is 17.3 Å². The molecule has 1 fully saturated rings. The van der Waals surface area contributed by atoms with E-state index in [2.05, 4.69) is 15.1 Å². The number of amides is 1. The van der Waals surface area contributed by atoms with Gasteiger partial charge in [-0.2, -0.15) is 0 Å². The summed E-state index contributed by atoms with van der Waals surface area (Å²) in [5.41, 5.74) is 2.66. The van der Waals surface area contributed by atoms with Crippen LogP contribution < -0.4 is 10.2 Å². The molecule has 0 radical (unpaired) electrons. The molecular weight excluding hydrogens is 445 g/mol. The lowest BCUT2D eigenvalue weighted by atomic mass is 10.1. The molecule has 3 aromatic carbocycles. The Balaban J connectivity index is 1.23. The molecule has 1 saturated heterocycles. The maximum absolute atomic E-state index is 13.9. The number of carbonyl (C=O) groups excluding carboxylic acids is 1. The van der Waals surface area contributed by atoms with Crippen LogP contribution in [-0.2, 0) is 11.3 Å². The number of piperazine rings is 1. The summed E-state index contributed by atoms with van der Waals surface area (Å²) < 4.78 is 13.9. The Morgan fingerprint density at radius 2 is 1.62 bits per heavy atom. The molecule has 0 saturated carbocycles. The average Bonchev–Trinajstić information content (AvgIpc) is 2.81. The number of nitrogens with one attached hydrogen (secondary N) is 1. The lowest BCUT2D eigenvalue weighted by molar-refractivity contribution is -0.113. The topological polar surface area (TPSA) is 35.6 Å². The van der Waals surface area contributed by atoms with E-state index in [-0.39, 0.29) is 11.7 Å². The molecule has 0 unspecified atom stereocenters. The number of thioether (sulfide) groups is 1. The summed E-state index contributed by atoms with van der Waals surface area (Å²) >= 11 is 7.36. The van der Waals surface area contributed by atoms with E-state index >= 15 is 0 Å². The quantitative estimate of drug-likeness (QED) is 0.461. The maximum Gasteiger partial charge on any atom is 0.234 e. The van der Waals surface area contributed by atoms with Gasteiger partial charge in [0.25, 0.3) is 0 Å². The lowest BCUT2D eigenvalue weighted by Crippen LogP contribution is -2.46. The first-order chi connectivity index (χ1) is 15.6. The Hall–Kier alpha value is -2.54. The number of nitrogens with zero attached hydrogens (tertiary/aromatic N) is 2. The van der Waals surface area contributed by atoms with Gasteiger partial charge in [0.1, 0.15) is 5.82 Å². The van der Waals surface area contributed by atoms with Gasteiger partial charge in [-0.1, -0.05) is 29.8 Å². The van der Waals surface area contributed by atoms with Crippen molar-refractivity contribution < 1.29 is 9.18 Å². The van der Waals surface area contributed by atoms with Gasteiger partial charge in [0.2, 0.25) is 5.91 Å². The Morgan fingerprint density at radius 1 is 0.938 bits per heavy atom. The zero-order valence-electron chi connectivity index (χ0n) is 17.6. The smallest absolute Gasteiger partial charge is 0.234 e. The number of hydrogen-bond acceptors (Lipinski definition) is 4. The molecule has 1 N–H and O–H groups in total. The SMILES string of the molecule is O=C(CSc1ccc(Cl)cc1)Nc1ccc(N2CCN(Cc3ccccc3F)CC2)cc1. The van der Waals surface area contributed by atoms with Crippen molar-refractivity contribution in [2.45, 2.75) is 11.4 Å². The van der Waals surface area contributed by atoms with Gasteiger partial charge in [0, 0.05) is 59.6 Å². The van der Waals surface area contributed by atoms with Crippen LogP contribution >= 0.6 is 23.4 Å². The van der Waals surface area contributed by atoms with E-state index in [1.54, 1.807) is 6.07 Å². The molecule has 32 heavy (non-hydrogen) atoms. The summed E-state index contributed by atoms with van der Waals surface area (Å²) in [6.07, 6.45) is 0. The third-order valence-corrected chi connectivity index (χ3v) is 6.69. The second kappa shape index (κ2) is 10.9. The monoisotopic (exact) mass is 469 g/mol. The third kappa shape index (κ3) is 6.25. The van der Waals surface area contributed by atoms with Crippen molar-refractivity contribution in [1.29, 1.82) is 0 Å². The minimum atomic E-state index is -0.140. The van der Waals surface area contributed by atoms with Gasteiger partial charge in [0.05, 0.1) is 5.75 Å². The molecule has 1 aliphatic heterocycles. The molecule has 1 amide bonds. The fraction of sp³-hybridized carbons (Fsp3) is 0.240. The van der Waals surface area contributed by atoms with Gasteiger partial charge in [0.15, 0.2) is 0 Å². The molecule has 1 aliphatic rings. The van der Waals surface area contributed by atoms with Crippen LogP contribution in [0.2, 0.25) is 5.02 Å². The number of carbonyl (C=O) groups is 1. The van der Waals surface area contributed by atoms with Crippen molar-refractivity contribution in [3.05, 3.63) is 89.2 Å². The minimum Gasteiger partial charge on any atom is -0.369 e. The minimum absolute atomic E-state index is 0.0422. The molecule has 3 aromatic rings. The number of rotatable bonds is 7. The second-order valence-electron chi connectivity index (χ2n) is 7.69. The molecule has 4 rings (SSSR count). The average molecular weight is 470 g/mol. The molecular formula is C25H25ClFN3OS. The maximum atomic E-state index is 13.9. The fourth-order valence-electron chi connectivity index (χ4n) is 3.66. The van der Waals surface area contributed by atoms with Gasteiger partial charge >= 0.3 is 0 Å². The molecule has 0 aromatic heterocycles. The van der Waals surface area contributed by atoms with Crippen LogP contribution in [0.3, 0.4) is 0 Å². The lowest BCUT2D eigenvalue weighted by Gasteiger charge is -2.36. The van der Waals surface area contributed by atoms with Crippen molar-refractivity contribution in [2.24, 2.45) is 0 Å². The highest BCUT2D eigenvalue weighted by atomic mass is 35.5. The normalized spacial score (nSPS) is 14.4. The molecule has 0 atom stereocenters. The summed E-state index contributed by atoms with van der Waals surface area (Å²) in [7, 11) is 0. The molecule has 0 aliphatic carbocycles. The molecule has 4 nitrogen and oxygen atoms in total. The first-order valence-corrected chi connectivity index (χ1v) is 11.9. The number of hydrogen-bond donors (Lipinski definition) is 1.